The predicted octanol–water partition coefficient (Wildman–Crippen LogP) is 1.42. The van der Waals surface area contributed by atoms with Crippen LogP contribution in [-0.2, 0) is 22.9 Å². The molecule has 0 radical (unpaired) electrons. The number of nitrogens with two attached hydrogens (primary N) is 1. The minimum Gasteiger partial charge on any atom is -0.387 e. The number of nitrogens with zero attached hydrogens (tertiary/aromatic N) is 2. The Labute approximate surface area is 186 Å². The van der Waals surface area contributed by atoms with E-state index in [1.165, 1.54) is 31.3 Å². The summed E-state index contributed by atoms with van der Waals surface area (Å²) < 4.78 is 62.8. The molecule has 2 fully saturated rings. The van der Waals surface area contributed by atoms with Gasteiger partial charge in [0.1, 0.15) is 23.6 Å². The zero-order valence-corrected chi connectivity index (χ0v) is 18.2. The van der Waals surface area contributed by atoms with Crippen LogP contribution in [0.2, 0.25) is 0 Å². The van der Waals surface area contributed by atoms with Crippen molar-refractivity contribution in [1.82, 2.24) is 9.55 Å². The molecular formula is C19H22F2N3O8P. The molecule has 0 aliphatic carbocycles. The van der Waals surface area contributed by atoms with E-state index in [4.69, 9.17) is 24.0 Å². The Hall–Kier alpha value is -2.25. The Morgan fingerprint density at radius 2 is 2.15 bits per heavy atom. The number of nitrogen functional groups attached to an aromatic ring is 1. The number of ether oxygens (including phenoxy) is 1. The summed E-state index contributed by atoms with van der Waals surface area (Å²) in [5.74, 6) is -2.25. The van der Waals surface area contributed by atoms with Crippen molar-refractivity contribution in [2.75, 3.05) is 18.9 Å². The zero-order chi connectivity index (χ0) is 24.0. The third kappa shape index (κ3) is 4.58. The third-order valence-electron chi connectivity index (χ3n) is 5.47. The molecule has 0 spiro atoms. The highest BCUT2D eigenvalue weighted by molar-refractivity contribution is 7.48. The standard InChI is InChI=1S/C19H22F2N3O8P/c1-19(27)16(25)13(31-17(19)24-7-5-14(22)23-18(24)26)9-30-33(28)29-8-6-12(32-33)10-3-2-4-11(20)15(10)21/h2-5,7,12-13,16-17,25,27H,6,8-9H2,1H3,(H2,22,23,26)/t12?,13-,16-,17-,19-,33?/m1/s1. The van der Waals surface area contributed by atoms with Gasteiger partial charge in [-0.25, -0.2) is 18.1 Å². The second kappa shape index (κ2) is 8.84. The Bertz CT molecular complexity index is 1150. The lowest BCUT2D eigenvalue weighted by Gasteiger charge is -2.30. The highest BCUT2D eigenvalue weighted by Gasteiger charge is 2.54. The monoisotopic (exact) mass is 489 g/mol. The van der Waals surface area contributed by atoms with Crippen LogP contribution in [0.15, 0.2) is 35.3 Å². The summed E-state index contributed by atoms with van der Waals surface area (Å²) in [6, 6.07) is 4.84. The molecule has 4 N–H and O–H groups in total. The van der Waals surface area contributed by atoms with Gasteiger partial charge in [0.2, 0.25) is 0 Å². The molecule has 6 atom stereocenters. The smallest absolute Gasteiger partial charge is 0.387 e. The molecule has 11 nitrogen and oxygen atoms in total. The van der Waals surface area contributed by atoms with Crippen LogP contribution in [0.25, 0.3) is 0 Å². The summed E-state index contributed by atoms with van der Waals surface area (Å²) in [6.45, 7) is 0.545. The van der Waals surface area contributed by atoms with Crippen molar-refractivity contribution in [3.05, 3.63) is 58.1 Å². The van der Waals surface area contributed by atoms with E-state index in [0.29, 0.717) is 0 Å². The minimum atomic E-state index is -4.26. The molecule has 0 amide bonds. The van der Waals surface area contributed by atoms with Crippen LogP contribution in [0.3, 0.4) is 0 Å². The number of phosphoric acid groups is 1. The van der Waals surface area contributed by atoms with Gasteiger partial charge in [-0.3, -0.25) is 18.1 Å². The summed E-state index contributed by atoms with van der Waals surface area (Å²) in [6.07, 6.45) is -3.93. The van der Waals surface area contributed by atoms with Gasteiger partial charge in [-0.1, -0.05) is 12.1 Å². The van der Waals surface area contributed by atoms with Gasteiger partial charge >= 0.3 is 13.5 Å². The summed E-state index contributed by atoms with van der Waals surface area (Å²) in [5.41, 5.74) is 2.55. The molecule has 1 aromatic carbocycles. The lowest BCUT2D eigenvalue weighted by atomic mass is 9.96. The molecule has 1 aromatic heterocycles. The fourth-order valence-corrected chi connectivity index (χ4v) is 5.09. The maximum atomic E-state index is 14.1. The van der Waals surface area contributed by atoms with Crippen LogP contribution in [0.5, 0.6) is 0 Å². The number of hydrogen-bond donors (Lipinski definition) is 3. The fraction of sp³-hybridized carbons (Fsp3) is 0.474. The average Bonchev–Trinajstić information content (AvgIpc) is 2.98. The average molecular weight is 489 g/mol. The van der Waals surface area contributed by atoms with Crippen molar-refractivity contribution in [3.8, 4) is 0 Å². The first-order chi connectivity index (χ1) is 15.5. The molecule has 2 aliphatic rings. The Kier molecular flexibility index (Phi) is 6.40. The number of aliphatic hydroxyl groups is 2. The van der Waals surface area contributed by atoms with Crippen LogP contribution < -0.4 is 11.4 Å². The summed E-state index contributed by atoms with van der Waals surface area (Å²) in [5, 5.41) is 21.3. The molecular weight excluding hydrogens is 467 g/mol. The lowest BCUT2D eigenvalue weighted by Crippen LogP contribution is -2.46. The first kappa shape index (κ1) is 23.9. The molecule has 180 valence electrons. The van der Waals surface area contributed by atoms with E-state index in [0.717, 1.165) is 10.6 Å². The summed E-state index contributed by atoms with van der Waals surface area (Å²) >= 11 is 0. The number of phosphoric ester groups is 1. The topological polar surface area (TPSA) is 155 Å². The van der Waals surface area contributed by atoms with Crippen LogP contribution >= 0.6 is 7.82 Å². The maximum absolute atomic E-state index is 14.1. The quantitative estimate of drug-likeness (QED) is 0.525. The molecule has 0 saturated carbocycles. The first-order valence-electron chi connectivity index (χ1n) is 9.94. The van der Waals surface area contributed by atoms with E-state index in [9.17, 15) is 28.4 Å². The van der Waals surface area contributed by atoms with E-state index in [1.807, 2.05) is 0 Å². The number of rotatable bonds is 5. The third-order valence-corrected chi connectivity index (χ3v) is 6.95. The molecule has 2 aliphatic heterocycles. The van der Waals surface area contributed by atoms with Gasteiger partial charge in [-0.05, 0) is 19.1 Å². The van der Waals surface area contributed by atoms with E-state index < -0.39 is 61.9 Å². The minimum absolute atomic E-state index is 0.0386. The number of anilines is 1. The number of aliphatic hydroxyl groups excluding tert-OH is 1. The molecule has 0 bridgehead atoms. The molecule has 3 heterocycles. The number of hydrogen-bond acceptors (Lipinski definition) is 10. The van der Waals surface area contributed by atoms with Crippen molar-refractivity contribution in [2.45, 2.75) is 43.5 Å². The highest BCUT2D eigenvalue weighted by Crippen LogP contribution is 2.57. The fourth-order valence-electron chi connectivity index (χ4n) is 3.71. The largest absolute Gasteiger partial charge is 0.475 e. The summed E-state index contributed by atoms with van der Waals surface area (Å²) in [4.78, 5) is 15.7. The van der Waals surface area contributed by atoms with Crippen molar-refractivity contribution in [1.29, 1.82) is 0 Å². The van der Waals surface area contributed by atoms with Crippen molar-refractivity contribution >= 4 is 13.6 Å². The maximum Gasteiger partial charge on any atom is 0.475 e. The second-order valence-corrected chi connectivity index (χ2v) is 9.46. The number of halogens is 2. The van der Waals surface area contributed by atoms with E-state index in [1.54, 1.807) is 0 Å². The van der Waals surface area contributed by atoms with E-state index in [-0.39, 0.29) is 24.4 Å². The SMILES string of the molecule is C[C@@]1(O)[C@H](O)[C@@H](COP2(=O)OCCC(c3cccc(F)c3F)O2)O[C@H]1n1ccc(N)nc1=O. The van der Waals surface area contributed by atoms with Crippen molar-refractivity contribution in [2.24, 2.45) is 0 Å². The van der Waals surface area contributed by atoms with Crippen LogP contribution in [-0.4, -0.2) is 50.8 Å². The Morgan fingerprint density at radius 3 is 2.88 bits per heavy atom. The van der Waals surface area contributed by atoms with Crippen LogP contribution in [0.4, 0.5) is 14.6 Å². The van der Waals surface area contributed by atoms with Gasteiger partial charge in [0.15, 0.2) is 17.9 Å². The Balaban J connectivity index is 1.47. The predicted molar refractivity (Wildman–Crippen MR) is 108 cm³/mol. The zero-order valence-electron chi connectivity index (χ0n) is 17.3. The molecule has 33 heavy (non-hydrogen) atoms. The molecule has 2 aromatic rings. The van der Waals surface area contributed by atoms with Gasteiger partial charge in [0.25, 0.3) is 0 Å². The van der Waals surface area contributed by atoms with Gasteiger partial charge in [0.05, 0.1) is 19.3 Å². The lowest BCUT2D eigenvalue weighted by molar-refractivity contribution is -0.0989. The second-order valence-electron chi connectivity index (χ2n) is 7.84. The van der Waals surface area contributed by atoms with Crippen molar-refractivity contribution < 1.29 is 41.9 Å². The van der Waals surface area contributed by atoms with Crippen LogP contribution in [0, 0.1) is 11.6 Å². The normalized spacial score (nSPS) is 34.5. The van der Waals surface area contributed by atoms with Gasteiger partial charge in [-0.15, -0.1) is 0 Å². The van der Waals surface area contributed by atoms with E-state index in [2.05, 4.69) is 4.98 Å². The molecule has 2 saturated heterocycles. The summed E-state index contributed by atoms with van der Waals surface area (Å²) in [7, 11) is -4.26. The van der Waals surface area contributed by atoms with Gasteiger partial charge in [0, 0.05) is 18.2 Å². The number of aromatic nitrogens is 2. The first-order valence-corrected chi connectivity index (χ1v) is 11.4. The van der Waals surface area contributed by atoms with Crippen molar-refractivity contribution in [3.63, 3.8) is 0 Å². The highest BCUT2D eigenvalue weighted by atomic mass is 31.2. The Morgan fingerprint density at radius 1 is 1.39 bits per heavy atom. The van der Waals surface area contributed by atoms with Gasteiger partial charge < -0.3 is 20.7 Å². The molecule has 4 rings (SSSR count). The molecule has 14 heteroatoms. The molecule has 2 unspecified atom stereocenters. The number of benzene rings is 1. The van der Waals surface area contributed by atoms with Crippen LogP contribution in [0.1, 0.15) is 31.2 Å². The van der Waals surface area contributed by atoms with E-state index >= 15 is 0 Å². The van der Waals surface area contributed by atoms with Gasteiger partial charge in [-0.2, -0.15) is 4.98 Å².